The lowest BCUT2D eigenvalue weighted by atomic mass is 10.2. The van der Waals surface area contributed by atoms with Crippen molar-refractivity contribution in [2.45, 2.75) is 0 Å². The molecule has 3 heterocycles. The van der Waals surface area contributed by atoms with Gasteiger partial charge in [-0.1, -0.05) is 22.9 Å². The maximum absolute atomic E-state index is 13.5. The van der Waals surface area contributed by atoms with Gasteiger partial charge in [-0.25, -0.2) is 4.39 Å². The van der Waals surface area contributed by atoms with Crippen LogP contribution >= 0.6 is 22.9 Å². The summed E-state index contributed by atoms with van der Waals surface area (Å²) in [5, 5.41) is 13.8. The van der Waals surface area contributed by atoms with E-state index >= 15 is 0 Å². The first-order chi connectivity index (χ1) is 10.7. The Kier molecular flexibility index (Phi) is 3.09. The summed E-state index contributed by atoms with van der Waals surface area (Å²) in [6.07, 6.45) is 3.42. The van der Waals surface area contributed by atoms with Gasteiger partial charge >= 0.3 is 0 Å². The van der Waals surface area contributed by atoms with Crippen LogP contribution in [0.1, 0.15) is 0 Å². The molecule has 0 fully saturated rings. The molecule has 0 aliphatic rings. The van der Waals surface area contributed by atoms with E-state index in [-0.39, 0.29) is 5.82 Å². The second-order valence-electron chi connectivity index (χ2n) is 4.49. The number of hydrogen-bond acceptors (Lipinski definition) is 5. The first kappa shape index (κ1) is 13.3. The largest absolute Gasteiger partial charge is 0.264 e. The molecule has 108 valence electrons. The molecular weight excluding hydrogens is 325 g/mol. The Labute approximate surface area is 133 Å². The molecule has 8 heteroatoms. The van der Waals surface area contributed by atoms with Crippen LogP contribution in [0.4, 0.5) is 4.39 Å². The van der Waals surface area contributed by atoms with E-state index in [1.165, 1.54) is 29.5 Å². The fraction of sp³-hybridized carbons (Fsp3) is 0. The van der Waals surface area contributed by atoms with Gasteiger partial charge in [0.15, 0.2) is 5.82 Å². The van der Waals surface area contributed by atoms with Gasteiger partial charge in [-0.2, -0.15) is 9.61 Å². The van der Waals surface area contributed by atoms with Crippen LogP contribution in [0, 0.1) is 5.82 Å². The topological polar surface area (TPSA) is 56.0 Å². The summed E-state index contributed by atoms with van der Waals surface area (Å²) < 4.78 is 15.0. The molecule has 1 aromatic carbocycles. The molecule has 0 saturated carbocycles. The van der Waals surface area contributed by atoms with Gasteiger partial charge in [-0.05, 0) is 30.3 Å². The molecule has 4 aromatic rings. The van der Waals surface area contributed by atoms with Crippen LogP contribution in [0.25, 0.3) is 26.9 Å². The van der Waals surface area contributed by atoms with E-state index in [1.54, 1.807) is 16.9 Å². The Hall–Kier alpha value is -2.38. The van der Waals surface area contributed by atoms with Gasteiger partial charge in [0.1, 0.15) is 10.8 Å². The molecule has 0 N–H and O–H groups in total. The maximum atomic E-state index is 13.5. The van der Waals surface area contributed by atoms with Crippen LogP contribution in [0.3, 0.4) is 0 Å². The molecule has 0 unspecified atom stereocenters. The van der Waals surface area contributed by atoms with E-state index in [0.29, 0.717) is 21.4 Å². The SMILES string of the molecule is Fc1ccc(Cl)c(-c2nnc3sc(-c4cccnc4)nn23)c1. The van der Waals surface area contributed by atoms with Crippen LogP contribution in [0.15, 0.2) is 42.7 Å². The minimum absolute atomic E-state index is 0.390. The average molecular weight is 332 g/mol. The molecule has 4 rings (SSSR count). The minimum atomic E-state index is -0.390. The van der Waals surface area contributed by atoms with Crippen molar-refractivity contribution in [2.75, 3.05) is 0 Å². The number of hydrogen-bond donors (Lipinski definition) is 0. The summed E-state index contributed by atoms with van der Waals surface area (Å²) in [6.45, 7) is 0. The molecule has 0 aliphatic carbocycles. The molecule has 0 saturated heterocycles. The summed E-state index contributed by atoms with van der Waals surface area (Å²) >= 11 is 7.51. The molecule has 0 aliphatic heterocycles. The van der Waals surface area contributed by atoms with Crippen molar-refractivity contribution in [1.29, 1.82) is 0 Å². The van der Waals surface area contributed by atoms with Gasteiger partial charge in [0, 0.05) is 23.5 Å². The molecule has 0 radical (unpaired) electrons. The fourth-order valence-electron chi connectivity index (χ4n) is 2.06. The molecule has 0 atom stereocenters. The van der Waals surface area contributed by atoms with E-state index in [2.05, 4.69) is 20.3 Å². The number of halogens is 2. The highest BCUT2D eigenvalue weighted by atomic mass is 35.5. The summed E-state index contributed by atoms with van der Waals surface area (Å²) in [7, 11) is 0. The highest BCUT2D eigenvalue weighted by Crippen LogP contribution is 2.31. The van der Waals surface area contributed by atoms with E-state index in [1.807, 2.05) is 12.1 Å². The first-order valence-electron chi connectivity index (χ1n) is 6.30. The quantitative estimate of drug-likeness (QED) is 0.562. The van der Waals surface area contributed by atoms with Crippen LogP contribution < -0.4 is 0 Å². The number of fused-ring (bicyclic) bond motifs is 1. The van der Waals surface area contributed by atoms with Crippen molar-refractivity contribution in [2.24, 2.45) is 0 Å². The van der Waals surface area contributed by atoms with Gasteiger partial charge in [0.2, 0.25) is 4.96 Å². The van der Waals surface area contributed by atoms with Crippen molar-refractivity contribution < 1.29 is 4.39 Å². The smallest absolute Gasteiger partial charge is 0.235 e. The normalized spacial score (nSPS) is 11.2. The Morgan fingerprint density at radius 1 is 1.18 bits per heavy atom. The van der Waals surface area contributed by atoms with Crippen LogP contribution in [0.2, 0.25) is 5.02 Å². The van der Waals surface area contributed by atoms with Crippen LogP contribution in [-0.2, 0) is 0 Å². The fourth-order valence-corrected chi connectivity index (χ4v) is 3.09. The molecule has 5 nitrogen and oxygen atoms in total. The average Bonchev–Trinajstić information content (AvgIpc) is 3.11. The Morgan fingerprint density at radius 3 is 2.91 bits per heavy atom. The lowest BCUT2D eigenvalue weighted by Crippen LogP contribution is -1.92. The van der Waals surface area contributed by atoms with E-state index in [9.17, 15) is 4.39 Å². The number of aromatic nitrogens is 5. The highest BCUT2D eigenvalue weighted by molar-refractivity contribution is 7.19. The van der Waals surface area contributed by atoms with Gasteiger partial charge in [-0.15, -0.1) is 10.2 Å². The third-order valence-corrected chi connectivity index (χ3v) is 4.35. The van der Waals surface area contributed by atoms with Crippen molar-refractivity contribution in [3.05, 3.63) is 53.6 Å². The van der Waals surface area contributed by atoms with E-state index < -0.39 is 0 Å². The maximum Gasteiger partial charge on any atom is 0.235 e. The van der Waals surface area contributed by atoms with Crippen molar-refractivity contribution in [3.8, 4) is 22.0 Å². The minimum Gasteiger partial charge on any atom is -0.264 e. The third-order valence-electron chi connectivity index (χ3n) is 3.07. The van der Waals surface area contributed by atoms with Crippen molar-refractivity contribution in [3.63, 3.8) is 0 Å². The van der Waals surface area contributed by atoms with Gasteiger partial charge in [0.25, 0.3) is 0 Å². The first-order valence-corrected chi connectivity index (χ1v) is 7.50. The molecule has 0 bridgehead atoms. The number of pyridine rings is 1. The zero-order valence-corrected chi connectivity index (χ0v) is 12.5. The number of rotatable bonds is 2. The second kappa shape index (κ2) is 5.11. The Morgan fingerprint density at radius 2 is 2.09 bits per heavy atom. The predicted molar refractivity (Wildman–Crippen MR) is 82.3 cm³/mol. The van der Waals surface area contributed by atoms with Crippen molar-refractivity contribution >= 4 is 27.9 Å². The van der Waals surface area contributed by atoms with Crippen LogP contribution in [-0.4, -0.2) is 24.8 Å². The zero-order chi connectivity index (χ0) is 15.1. The van der Waals surface area contributed by atoms with Crippen molar-refractivity contribution in [1.82, 2.24) is 24.8 Å². The molecular formula is C14H7ClFN5S. The Bertz CT molecular complexity index is 966. The van der Waals surface area contributed by atoms with E-state index in [0.717, 1.165) is 10.6 Å². The molecule has 22 heavy (non-hydrogen) atoms. The summed E-state index contributed by atoms with van der Waals surface area (Å²) in [4.78, 5) is 4.68. The summed E-state index contributed by atoms with van der Waals surface area (Å²) in [5.74, 6) is 0.0183. The standard InChI is InChI=1S/C14H7ClFN5S/c15-11-4-3-9(16)6-10(11)12-18-19-14-21(12)20-13(22-14)8-2-1-5-17-7-8/h1-7H. The molecule has 0 amide bonds. The second-order valence-corrected chi connectivity index (χ2v) is 5.85. The highest BCUT2D eigenvalue weighted by Gasteiger charge is 2.17. The third kappa shape index (κ3) is 2.15. The summed E-state index contributed by atoms with van der Waals surface area (Å²) in [5.41, 5.74) is 1.34. The Balaban J connectivity index is 1.90. The summed E-state index contributed by atoms with van der Waals surface area (Å²) in [6, 6.07) is 7.85. The van der Waals surface area contributed by atoms with Gasteiger partial charge in [0.05, 0.1) is 5.02 Å². The van der Waals surface area contributed by atoms with Gasteiger partial charge in [-0.3, -0.25) is 4.98 Å². The van der Waals surface area contributed by atoms with Gasteiger partial charge < -0.3 is 0 Å². The zero-order valence-electron chi connectivity index (χ0n) is 10.9. The number of benzene rings is 1. The lowest BCUT2D eigenvalue weighted by molar-refractivity contribution is 0.628. The number of nitrogens with zero attached hydrogens (tertiary/aromatic N) is 5. The monoisotopic (exact) mass is 331 g/mol. The predicted octanol–water partition coefficient (Wildman–Crippen LogP) is 3.71. The van der Waals surface area contributed by atoms with Crippen LogP contribution in [0.5, 0.6) is 0 Å². The molecule has 3 aromatic heterocycles. The lowest BCUT2D eigenvalue weighted by Gasteiger charge is -2.00. The molecule has 0 spiro atoms. The van der Waals surface area contributed by atoms with E-state index in [4.69, 9.17) is 11.6 Å².